The van der Waals surface area contributed by atoms with Crippen LogP contribution in [0.3, 0.4) is 0 Å². The number of nitrogens with one attached hydrogen (secondary N) is 1. The van der Waals surface area contributed by atoms with Crippen molar-refractivity contribution in [2.75, 3.05) is 45.0 Å². The van der Waals surface area contributed by atoms with Crippen molar-refractivity contribution >= 4 is 11.7 Å². The van der Waals surface area contributed by atoms with E-state index in [1.54, 1.807) is 6.20 Å². The van der Waals surface area contributed by atoms with Gasteiger partial charge in [0, 0.05) is 56.1 Å². The number of amides is 1. The lowest BCUT2D eigenvalue weighted by atomic mass is 10.0. The van der Waals surface area contributed by atoms with E-state index in [9.17, 15) is 4.79 Å². The molecule has 1 amide bonds. The summed E-state index contributed by atoms with van der Waals surface area (Å²) in [5.41, 5.74) is 9.56. The van der Waals surface area contributed by atoms with Crippen LogP contribution in [0.1, 0.15) is 22.3 Å². The molecule has 1 atom stereocenters. The number of piperazine rings is 1. The van der Waals surface area contributed by atoms with Gasteiger partial charge in [0.05, 0.1) is 0 Å². The van der Waals surface area contributed by atoms with Gasteiger partial charge >= 0.3 is 0 Å². The van der Waals surface area contributed by atoms with Crippen LogP contribution in [-0.4, -0.2) is 66.0 Å². The van der Waals surface area contributed by atoms with Crippen molar-refractivity contribution in [3.63, 3.8) is 0 Å². The van der Waals surface area contributed by atoms with E-state index in [2.05, 4.69) is 15.2 Å². The molecule has 2 fully saturated rings. The number of nitrogens with zero attached hydrogens (tertiary/aromatic N) is 3. The molecule has 0 spiro atoms. The Balaban J connectivity index is 1.40. The monoisotopic (exact) mass is 365 g/mol. The summed E-state index contributed by atoms with van der Waals surface area (Å²) in [5, 5.41) is 3.42. The molecule has 0 saturated carbocycles. The zero-order chi connectivity index (χ0) is 18.8. The van der Waals surface area contributed by atoms with E-state index >= 15 is 0 Å². The SMILES string of the molecule is Cc1cc(-c2ccc(C(=O)N3CCN([C@@H]4CCNC4)CC3)cc2)cnc1N. The lowest BCUT2D eigenvalue weighted by Crippen LogP contribution is -2.52. The highest BCUT2D eigenvalue weighted by molar-refractivity contribution is 5.94. The molecule has 142 valence electrons. The molecule has 4 rings (SSSR count). The van der Waals surface area contributed by atoms with E-state index in [-0.39, 0.29) is 5.91 Å². The second kappa shape index (κ2) is 7.66. The average Bonchev–Trinajstić information content (AvgIpc) is 3.25. The quantitative estimate of drug-likeness (QED) is 0.867. The van der Waals surface area contributed by atoms with Gasteiger partial charge in [0.25, 0.3) is 5.91 Å². The van der Waals surface area contributed by atoms with E-state index in [1.807, 2.05) is 42.2 Å². The number of carbonyl (C=O) groups is 1. The second-order valence-corrected chi connectivity index (χ2v) is 7.48. The van der Waals surface area contributed by atoms with Gasteiger partial charge in [-0.05, 0) is 49.2 Å². The standard InChI is InChI=1S/C21H27N5O/c1-15-12-18(13-24-20(15)22)16-2-4-17(5-3-16)21(27)26-10-8-25(9-11-26)19-6-7-23-14-19/h2-5,12-13,19,23H,6-11,14H2,1H3,(H2,22,24)/t19-/m1/s1. The van der Waals surface area contributed by atoms with Gasteiger partial charge in [0.2, 0.25) is 0 Å². The molecule has 1 aromatic carbocycles. The lowest BCUT2D eigenvalue weighted by Gasteiger charge is -2.37. The van der Waals surface area contributed by atoms with Crippen LogP contribution < -0.4 is 11.1 Å². The molecule has 2 aliphatic rings. The average molecular weight is 365 g/mol. The summed E-state index contributed by atoms with van der Waals surface area (Å²) >= 11 is 0. The number of benzene rings is 1. The molecule has 0 bridgehead atoms. The fraction of sp³-hybridized carbons (Fsp3) is 0.429. The van der Waals surface area contributed by atoms with Gasteiger partial charge in [0.15, 0.2) is 0 Å². The minimum Gasteiger partial charge on any atom is -0.383 e. The van der Waals surface area contributed by atoms with Gasteiger partial charge < -0.3 is 16.0 Å². The third-order valence-corrected chi connectivity index (χ3v) is 5.74. The van der Waals surface area contributed by atoms with Gasteiger partial charge in [-0.3, -0.25) is 9.69 Å². The number of pyridine rings is 1. The summed E-state index contributed by atoms with van der Waals surface area (Å²) in [5.74, 6) is 0.676. The summed E-state index contributed by atoms with van der Waals surface area (Å²) in [4.78, 5) is 21.6. The van der Waals surface area contributed by atoms with E-state index in [0.29, 0.717) is 11.9 Å². The largest absolute Gasteiger partial charge is 0.383 e. The van der Waals surface area contributed by atoms with Gasteiger partial charge in [-0.15, -0.1) is 0 Å². The molecule has 2 aromatic rings. The van der Waals surface area contributed by atoms with Crippen molar-refractivity contribution < 1.29 is 4.79 Å². The number of hydrogen-bond donors (Lipinski definition) is 2. The fourth-order valence-electron chi connectivity index (χ4n) is 3.97. The van der Waals surface area contributed by atoms with E-state index in [4.69, 9.17) is 5.73 Å². The fourth-order valence-corrected chi connectivity index (χ4v) is 3.97. The van der Waals surface area contributed by atoms with E-state index < -0.39 is 0 Å². The van der Waals surface area contributed by atoms with Gasteiger partial charge in [-0.25, -0.2) is 4.98 Å². The number of aryl methyl sites for hydroxylation is 1. The third-order valence-electron chi connectivity index (χ3n) is 5.74. The minimum atomic E-state index is 0.123. The van der Waals surface area contributed by atoms with E-state index in [1.165, 1.54) is 6.42 Å². The Hall–Kier alpha value is -2.44. The highest BCUT2D eigenvalue weighted by Gasteiger charge is 2.28. The van der Waals surface area contributed by atoms with Gasteiger partial charge in [-0.2, -0.15) is 0 Å². The van der Waals surface area contributed by atoms with Crippen LogP contribution in [0, 0.1) is 6.92 Å². The van der Waals surface area contributed by atoms with Crippen LogP contribution in [0.2, 0.25) is 0 Å². The number of aromatic nitrogens is 1. The normalized spacial score (nSPS) is 20.8. The zero-order valence-corrected chi connectivity index (χ0v) is 15.8. The molecule has 0 unspecified atom stereocenters. The Labute approximate surface area is 160 Å². The summed E-state index contributed by atoms with van der Waals surface area (Å²) < 4.78 is 0. The molecule has 27 heavy (non-hydrogen) atoms. The highest BCUT2D eigenvalue weighted by atomic mass is 16.2. The predicted molar refractivity (Wildman–Crippen MR) is 108 cm³/mol. The van der Waals surface area contributed by atoms with Crippen molar-refractivity contribution in [3.8, 4) is 11.1 Å². The maximum Gasteiger partial charge on any atom is 0.253 e. The Morgan fingerprint density at radius 1 is 1.15 bits per heavy atom. The molecule has 3 N–H and O–H groups in total. The number of carbonyl (C=O) groups excluding carboxylic acids is 1. The predicted octanol–water partition coefficient (Wildman–Crippen LogP) is 1.76. The molecule has 2 saturated heterocycles. The van der Waals surface area contributed by atoms with Crippen molar-refractivity contribution in [2.45, 2.75) is 19.4 Å². The molecule has 2 aliphatic heterocycles. The number of hydrogen-bond acceptors (Lipinski definition) is 5. The molecule has 3 heterocycles. The molecule has 0 aliphatic carbocycles. The Bertz CT molecular complexity index is 806. The number of nitrogen functional groups attached to an aromatic ring is 1. The first-order valence-corrected chi connectivity index (χ1v) is 9.68. The Morgan fingerprint density at radius 2 is 1.89 bits per heavy atom. The van der Waals surface area contributed by atoms with Crippen LogP contribution in [-0.2, 0) is 0 Å². The first kappa shape index (κ1) is 17.9. The Kier molecular flexibility index (Phi) is 5.09. The number of rotatable bonds is 3. The summed E-state index contributed by atoms with van der Waals surface area (Å²) in [6.07, 6.45) is 2.99. The first-order chi connectivity index (χ1) is 13.1. The van der Waals surface area contributed by atoms with E-state index in [0.717, 1.165) is 61.5 Å². The summed E-state index contributed by atoms with van der Waals surface area (Å²) in [6.45, 7) is 7.68. The van der Waals surface area contributed by atoms with Crippen molar-refractivity contribution in [2.24, 2.45) is 0 Å². The smallest absolute Gasteiger partial charge is 0.253 e. The highest BCUT2D eigenvalue weighted by Crippen LogP contribution is 2.23. The lowest BCUT2D eigenvalue weighted by molar-refractivity contribution is 0.0584. The van der Waals surface area contributed by atoms with Gasteiger partial charge in [0.1, 0.15) is 5.82 Å². The maximum atomic E-state index is 12.8. The molecular weight excluding hydrogens is 338 g/mol. The molecule has 0 radical (unpaired) electrons. The number of nitrogens with two attached hydrogens (primary N) is 1. The van der Waals surface area contributed by atoms with Crippen molar-refractivity contribution in [1.82, 2.24) is 20.1 Å². The second-order valence-electron chi connectivity index (χ2n) is 7.48. The minimum absolute atomic E-state index is 0.123. The van der Waals surface area contributed by atoms with Crippen LogP contribution >= 0.6 is 0 Å². The van der Waals surface area contributed by atoms with Gasteiger partial charge in [-0.1, -0.05) is 12.1 Å². The van der Waals surface area contributed by atoms with Crippen LogP contribution in [0.5, 0.6) is 0 Å². The van der Waals surface area contributed by atoms with Crippen LogP contribution in [0.4, 0.5) is 5.82 Å². The topological polar surface area (TPSA) is 74.5 Å². The molecular formula is C21H27N5O. The number of anilines is 1. The summed E-state index contributed by atoms with van der Waals surface area (Å²) in [7, 11) is 0. The van der Waals surface area contributed by atoms with Crippen LogP contribution in [0.25, 0.3) is 11.1 Å². The first-order valence-electron chi connectivity index (χ1n) is 9.68. The van der Waals surface area contributed by atoms with Crippen molar-refractivity contribution in [1.29, 1.82) is 0 Å². The summed E-state index contributed by atoms with van der Waals surface area (Å²) in [6, 6.07) is 10.5. The molecule has 1 aromatic heterocycles. The molecule has 6 nitrogen and oxygen atoms in total. The third kappa shape index (κ3) is 3.82. The molecule has 6 heteroatoms. The van der Waals surface area contributed by atoms with Crippen molar-refractivity contribution in [3.05, 3.63) is 47.7 Å². The maximum absolute atomic E-state index is 12.8. The zero-order valence-electron chi connectivity index (χ0n) is 15.8. The Morgan fingerprint density at radius 3 is 2.52 bits per heavy atom. The van der Waals surface area contributed by atoms with Crippen LogP contribution in [0.15, 0.2) is 36.5 Å².